The van der Waals surface area contributed by atoms with Crippen molar-refractivity contribution in [1.82, 2.24) is 20.0 Å². The molecule has 4 rings (SSSR count). The Morgan fingerprint density at radius 3 is 2.96 bits per heavy atom. The highest BCUT2D eigenvalue weighted by atomic mass is 35.5. The predicted molar refractivity (Wildman–Crippen MR) is 108 cm³/mol. The number of halogens is 1. The number of rotatable bonds is 6. The van der Waals surface area contributed by atoms with Gasteiger partial charge in [0.05, 0.1) is 11.4 Å². The fourth-order valence-electron chi connectivity index (χ4n) is 2.68. The summed E-state index contributed by atoms with van der Waals surface area (Å²) in [4.78, 5) is 12.4. The number of nitrogens with zero attached hydrogens (tertiary/aromatic N) is 4. The van der Waals surface area contributed by atoms with Gasteiger partial charge in [-0.1, -0.05) is 17.7 Å². The summed E-state index contributed by atoms with van der Waals surface area (Å²) in [6, 6.07) is 11.0. The second-order valence-electron chi connectivity index (χ2n) is 6.12. The lowest BCUT2D eigenvalue weighted by atomic mass is 10.3. The highest BCUT2D eigenvalue weighted by molar-refractivity contribution is 7.08. The van der Waals surface area contributed by atoms with Gasteiger partial charge in [-0.25, -0.2) is 4.68 Å². The summed E-state index contributed by atoms with van der Waals surface area (Å²) < 4.78 is 7.26. The Morgan fingerprint density at radius 2 is 2.18 bits per heavy atom. The van der Waals surface area contributed by atoms with E-state index in [-0.39, 0.29) is 12.3 Å². The van der Waals surface area contributed by atoms with Crippen molar-refractivity contribution in [3.05, 3.63) is 63.8 Å². The summed E-state index contributed by atoms with van der Waals surface area (Å²) in [5, 5.41) is 19.8. The van der Waals surface area contributed by atoms with Gasteiger partial charge in [-0.05, 0) is 36.6 Å². The van der Waals surface area contributed by atoms with Gasteiger partial charge in [0.25, 0.3) is 0 Å². The fourth-order valence-corrected chi connectivity index (χ4v) is 3.49. The van der Waals surface area contributed by atoms with Crippen molar-refractivity contribution in [2.75, 3.05) is 5.32 Å². The van der Waals surface area contributed by atoms with E-state index in [2.05, 4.69) is 20.6 Å². The Morgan fingerprint density at radius 1 is 1.29 bits per heavy atom. The molecule has 1 aromatic carbocycles. The molecular weight excluding hydrogens is 398 g/mol. The minimum absolute atomic E-state index is 0.168. The molecule has 0 aliphatic carbocycles. The van der Waals surface area contributed by atoms with Gasteiger partial charge in [-0.3, -0.25) is 4.79 Å². The first kappa shape index (κ1) is 18.4. The molecule has 3 aromatic heterocycles. The summed E-state index contributed by atoms with van der Waals surface area (Å²) in [7, 11) is 0. The quantitative estimate of drug-likeness (QED) is 0.502. The van der Waals surface area contributed by atoms with Crippen LogP contribution in [-0.4, -0.2) is 25.9 Å². The Balaban J connectivity index is 1.42. The number of aromatic nitrogens is 4. The first-order valence-corrected chi connectivity index (χ1v) is 9.88. The predicted octanol–water partition coefficient (Wildman–Crippen LogP) is 4.52. The van der Waals surface area contributed by atoms with Crippen LogP contribution in [0.5, 0.6) is 0 Å². The standard InChI is InChI=1S/C19H16ClN5O2S/c1-12-9-16(25(24-12)15-4-2-3-14(20)10-15)21-17(26)5-6-18-22-23-19(27-18)13-7-8-28-11-13/h2-4,7-11H,5-6H2,1H3,(H,21,26). The molecule has 0 saturated heterocycles. The molecule has 0 aliphatic rings. The number of nitrogens with one attached hydrogen (secondary N) is 1. The maximum atomic E-state index is 12.4. The van der Waals surface area contributed by atoms with Gasteiger partial charge in [-0.2, -0.15) is 16.4 Å². The van der Waals surface area contributed by atoms with Crippen molar-refractivity contribution in [2.45, 2.75) is 19.8 Å². The van der Waals surface area contributed by atoms with Gasteiger partial charge in [0.1, 0.15) is 5.82 Å². The fraction of sp³-hybridized carbons (Fsp3) is 0.158. The molecule has 1 N–H and O–H groups in total. The van der Waals surface area contributed by atoms with Crippen LogP contribution in [0.15, 0.2) is 51.6 Å². The third-order valence-corrected chi connectivity index (χ3v) is 4.87. The Bertz CT molecular complexity index is 1100. The summed E-state index contributed by atoms with van der Waals surface area (Å²) in [6.45, 7) is 1.86. The summed E-state index contributed by atoms with van der Waals surface area (Å²) >= 11 is 7.62. The van der Waals surface area contributed by atoms with Gasteiger partial charge in [0.2, 0.25) is 17.7 Å². The van der Waals surface area contributed by atoms with Crippen LogP contribution in [0.2, 0.25) is 5.02 Å². The Hall–Kier alpha value is -2.97. The van der Waals surface area contributed by atoms with Gasteiger partial charge in [-0.15, -0.1) is 10.2 Å². The number of hydrogen-bond donors (Lipinski definition) is 1. The summed E-state index contributed by atoms with van der Waals surface area (Å²) in [5.41, 5.74) is 2.44. The number of anilines is 1. The lowest BCUT2D eigenvalue weighted by Crippen LogP contribution is -2.15. The molecular formula is C19H16ClN5O2S. The zero-order valence-electron chi connectivity index (χ0n) is 14.9. The number of benzene rings is 1. The van der Waals surface area contributed by atoms with Crippen molar-refractivity contribution < 1.29 is 9.21 Å². The molecule has 4 aromatic rings. The van der Waals surface area contributed by atoms with E-state index < -0.39 is 0 Å². The van der Waals surface area contributed by atoms with Crippen LogP contribution in [0, 0.1) is 6.92 Å². The highest BCUT2D eigenvalue weighted by Gasteiger charge is 2.14. The van der Waals surface area contributed by atoms with Gasteiger partial charge in [0, 0.05) is 34.9 Å². The first-order valence-electron chi connectivity index (χ1n) is 8.56. The molecule has 1 amide bonds. The summed E-state index contributed by atoms with van der Waals surface area (Å²) in [6.07, 6.45) is 0.568. The van der Waals surface area contributed by atoms with Crippen LogP contribution in [0.3, 0.4) is 0 Å². The average molecular weight is 414 g/mol. The van der Waals surface area contributed by atoms with Crippen LogP contribution in [0.25, 0.3) is 17.1 Å². The lowest BCUT2D eigenvalue weighted by Gasteiger charge is -2.09. The number of carbonyl (C=O) groups excluding carboxylic acids is 1. The maximum Gasteiger partial charge on any atom is 0.248 e. The largest absolute Gasteiger partial charge is 0.421 e. The molecule has 0 spiro atoms. The molecule has 0 aliphatic heterocycles. The van der Waals surface area contributed by atoms with E-state index in [0.717, 1.165) is 16.9 Å². The Labute approximate surface area is 170 Å². The number of amides is 1. The number of thiophene rings is 1. The first-order chi connectivity index (χ1) is 13.6. The minimum atomic E-state index is -0.168. The third-order valence-electron chi connectivity index (χ3n) is 3.95. The van der Waals surface area contributed by atoms with Crippen LogP contribution < -0.4 is 5.32 Å². The zero-order chi connectivity index (χ0) is 19.5. The van der Waals surface area contributed by atoms with Crippen molar-refractivity contribution in [3.8, 4) is 17.1 Å². The number of aryl methyl sites for hydroxylation is 2. The van der Waals surface area contributed by atoms with E-state index in [4.69, 9.17) is 16.0 Å². The normalized spacial score (nSPS) is 10.9. The molecule has 0 saturated carbocycles. The van der Waals surface area contributed by atoms with Gasteiger partial charge in [0.15, 0.2) is 0 Å². The van der Waals surface area contributed by atoms with E-state index in [1.165, 1.54) is 0 Å². The average Bonchev–Trinajstić information content (AvgIpc) is 3.41. The van der Waals surface area contributed by atoms with E-state index in [9.17, 15) is 4.79 Å². The van der Waals surface area contributed by atoms with Crippen LogP contribution >= 0.6 is 22.9 Å². The monoisotopic (exact) mass is 413 g/mol. The van der Waals surface area contributed by atoms with Crippen molar-refractivity contribution in [2.24, 2.45) is 0 Å². The van der Waals surface area contributed by atoms with Crippen LogP contribution in [0.1, 0.15) is 18.0 Å². The number of carbonyl (C=O) groups is 1. The van der Waals surface area contributed by atoms with E-state index >= 15 is 0 Å². The topological polar surface area (TPSA) is 85.8 Å². The van der Waals surface area contributed by atoms with Crippen molar-refractivity contribution in [1.29, 1.82) is 0 Å². The highest BCUT2D eigenvalue weighted by Crippen LogP contribution is 2.22. The lowest BCUT2D eigenvalue weighted by molar-refractivity contribution is -0.116. The maximum absolute atomic E-state index is 12.4. The molecule has 7 nitrogen and oxygen atoms in total. The second kappa shape index (κ2) is 7.95. The molecule has 9 heteroatoms. The molecule has 0 radical (unpaired) electrons. The van der Waals surface area contributed by atoms with Crippen molar-refractivity contribution in [3.63, 3.8) is 0 Å². The number of hydrogen-bond acceptors (Lipinski definition) is 6. The smallest absolute Gasteiger partial charge is 0.248 e. The minimum Gasteiger partial charge on any atom is -0.421 e. The molecule has 0 bridgehead atoms. The van der Waals surface area contributed by atoms with Crippen molar-refractivity contribution >= 4 is 34.7 Å². The van der Waals surface area contributed by atoms with Crippen LogP contribution in [-0.2, 0) is 11.2 Å². The third kappa shape index (κ3) is 4.13. The SMILES string of the molecule is Cc1cc(NC(=O)CCc2nnc(-c3ccsc3)o2)n(-c2cccc(Cl)c2)n1. The second-order valence-corrected chi connectivity index (χ2v) is 7.34. The molecule has 3 heterocycles. The molecule has 142 valence electrons. The van der Waals surface area contributed by atoms with Gasteiger partial charge < -0.3 is 9.73 Å². The Kier molecular flexibility index (Phi) is 5.23. The molecule has 28 heavy (non-hydrogen) atoms. The van der Waals surface area contributed by atoms with E-state index in [0.29, 0.717) is 29.0 Å². The summed E-state index contributed by atoms with van der Waals surface area (Å²) in [5.74, 6) is 1.30. The molecule has 0 fully saturated rings. The molecule has 0 unspecified atom stereocenters. The van der Waals surface area contributed by atoms with Gasteiger partial charge >= 0.3 is 0 Å². The van der Waals surface area contributed by atoms with E-state index in [1.54, 1.807) is 34.2 Å². The molecule has 0 atom stereocenters. The zero-order valence-corrected chi connectivity index (χ0v) is 16.5. The van der Waals surface area contributed by atoms with E-state index in [1.807, 2.05) is 35.9 Å². The van der Waals surface area contributed by atoms with Crippen LogP contribution in [0.4, 0.5) is 5.82 Å².